The number of nitrogens with zero attached hydrogens (tertiary/aromatic N) is 2. The van der Waals surface area contributed by atoms with Crippen molar-refractivity contribution < 1.29 is 19.1 Å². The number of aromatic amines is 1. The molecule has 0 radical (unpaired) electrons. The molecule has 1 saturated carbocycles. The predicted molar refractivity (Wildman–Crippen MR) is 119 cm³/mol. The predicted octanol–water partition coefficient (Wildman–Crippen LogP) is 1.56. The van der Waals surface area contributed by atoms with E-state index < -0.39 is 12.1 Å². The molecule has 0 bridgehead atoms. The standard InChI is InChI=1S/C24H27N5O4/c1-33-20-4-2-3-18-17(20)10-19(28-18)24(32)29-12-14-5-6-16(14)21(29)23(31)27-15(11-25)9-13-7-8-26-22(13)30/h2-4,10,13-16,21,28H,5-9,12H2,1H3,(H,26,30)(H,27,31)/t13?,14-,15?,16-,21?/m0/s1. The summed E-state index contributed by atoms with van der Waals surface area (Å²) in [5.74, 6) is 0.184. The third-order valence-corrected chi connectivity index (χ3v) is 7.41. The van der Waals surface area contributed by atoms with Gasteiger partial charge in [-0.1, -0.05) is 6.07 Å². The van der Waals surface area contributed by atoms with Crippen LogP contribution in [-0.4, -0.2) is 59.9 Å². The summed E-state index contributed by atoms with van der Waals surface area (Å²) in [6, 6.07) is 8.07. The van der Waals surface area contributed by atoms with E-state index in [1.807, 2.05) is 18.2 Å². The van der Waals surface area contributed by atoms with E-state index in [2.05, 4.69) is 21.7 Å². The molecule has 3 N–H and O–H groups in total. The molecule has 9 heteroatoms. The lowest BCUT2D eigenvalue weighted by Crippen LogP contribution is -2.52. The number of H-pyrrole nitrogens is 1. The number of amides is 3. The van der Waals surface area contributed by atoms with Gasteiger partial charge in [-0.2, -0.15) is 5.26 Å². The number of benzene rings is 1. The van der Waals surface area contributed by atoms with Crippen LogP contribution in [0, 0.1) is 29.1 Å². The van der Waals surface area contributed by atoms with Crippen LogP contribution in [-0.2, 0) is 9.59 Å². The zero-order valence-electron chi connectivity index (χ0n) is 18.5. The highest BCUT2D eigenvalue weighted by atomic mass is 16.5. The van der Waals surface area contributed by atoms with Crippen LogP contribution in [0.2, 0.25) is 0 Å². The number of carbonyl (C=O) groups is 3. The Bertz CT molecular complexity index is 1150. The van der Waals surface area contributed by atoms with Crippen LogP contribution in [0.1, 0.15) is 36.2 Å². The summed E-state index contributed by atoms with van der Waals surface area (Å²) in [4.78, 5) is 43.5. The van der Waals surface area contributed by atoms with Crippen molar-refractivity contribution in [3.05, 3.63) is 30.0 Å². The largest absolute Gasteiger partial charge is 0.496 e. The van der Waals surface area contributed by atoms with Crippen molar-refractivity contribution in [2.24, 2.45) is 17.8 Å². The van der Waals surface area contributed by atoms with Crippen LogP contribution >= 0.6 is 0 Å². The van der Waals surface area contributed by atoms with E-state index >= 15 is 0 Å². The van der Waals surface area contributed by atoms with Crippen molar-refractivity contribution in [1.29, 1.82) is 5.26 Å². The summed E-state index contributed by atoms with van der Waals surface area (Å²) < 4.78 is 5.40. The molecule has 33 heavy (non-hydrogen) atoms. The van der Waals surface area contributed by atoms with E-state index in [4.69, 9.17) is 4.74 Å². The van der Waals surface area contributed by atoms with Gasteiger partial charge in [-0.3, -0.25) is 14.4 Å². The molecule has 2 aliphatic heterocycles. The lowest BCUT2D eigenvalue weighted by atomic mass is 9.73. The molecular weight excluding hydrogens is 422 g/mol. The number of nitriles is 1. The van der Waals surface area contributed by atoms with Crippen LogP contribution in [0.25, 0.3) is 10.9 Å². The molecule has 2 saturated heterocycles. The number of nitrogens with one attached hydrogen (secondary N) is 3. The van der Waals surface area contributed by atoms with E-state index in [-0.39, 0.29) is 36.0 Å². The first-order valence-corrected chi connectivity index (χ1v) is 11.4. The minimum atomic E-state index is -0.764. The van der Waals surface area contributed by atoms with Gasteiger partial charge in [0.25, 0.3) is 5.91 Å². The van der Waals surface area contributed by atoms with Gasteiger partial charge in [-0.15, -0.1) is 0 Å². The van der Waals surface area contributed by atoms with Crippen LogP contribution in [0.3, 0.4) is 0 Å². The Kier molecular flexibility index (Phi) is 5.44. The molecule has 3 heterocycles. The average Bonchev–Trinajstić information content (AvgIpc) is 3.48. The third-order valence-electron chi connectivity index (χ3n) is 7.41. The zero-order valence-corrected chi connectivity index (χ0v) is 18.5. The highest BCUT2D eigenvalue weighted by Gasteiger charge is 2.52. The monoisotopic (exact) mass is 449 g/mol. The molecule has 172 valence electrons. The molecule has 2 aromatic rings. The number of methoxy groups -OCH3 is 1. The maximum atomic E-state index is 13.5. The Morgan fingerprint density at radius 1 is 1.33 bits per heavy atom. The summed E-state index contributed by atoms with van der Waals surface area (Å²) in [6.07, 6.45) is 2.82. The summed E-state index contributed by atoms with van der Waals surface area (Å²) in [5, 5.41) is 16.0. The highest BCUT2D eigenvalue weighted by molar-refractivity contribution is 6.02. The van der Waals surface area contributed by atoms with E-state index in [9.17, 15) is 19.6 Å². The fourth-order valence-corrected chi connectivity index (χ4v) is 5.51. The molecule has 0 spiro atoms. The van der Waals surface area contributed by atoms with Gasteiger partial charge in [-0.25, -0.2) is 0 Å². The number of fused-ring (bicyclic) bond motifs is 2. The lowest BCUT2D eigenvalue weighted by molar-refractivity contribution is -0.128. The van der Waals surface area contributed by atoms with Crippen LogP contribution in [0.5, 0.6) is 5.75 Å². The van der Waals surface area contributed by atoms with Crippen LogP contribution in [0.4, 0.5) is 0 Å². The number of hydrogen-bond acceptors (Lipinski definition) is 5. The fourth-order valence-electron chi connectivity index (χ4n) is 5.51. The van der Waals surface area contributed by atoms with Gasteiger partial charge >= 0.3 is 0 Å². The second kappa shape index (κ2) is 8.43. The zero-order chi connectivity index (χ0) is 23.1. The van der Waals surface area contributed by atoms with Gasteiger partial charge in [0.2, 0.25) is 11.8 Å². The van der Waals surface area contributed by atoms with Crippen molar-refractivity contribution >= 4 is 28.6 Å². The van der Waals surface area contributed by atoms with Gasteiger partial charge in [-0.05, 0) is 55.7 Å². The van der Waals surface area contributed by atoms with Crippen molar-refractivity contribution in [2.75, 3.05) is 20.2 Å². The second-order valence-corrected chi connectivity index (χ2v) is 9.21. The quantitative estimate of drug-likeness (QED) is 0.617. The Morgan fingerprint density at radius 2 is 2.18 bits per heavy atom. The maximum absolute atomic E-state index is 13.5. The Balaban J connectivity index is 1.35. The van der Waals surface area contributed by atoms with Crippen LogP contribution in [0.15, 0.2) is 24.3 Å². The first-order chi connectivity index (χ1) is 16.0. The van der Waals surface area contributed by atoms with Gasteiger partial charge in [0.1, 0.15) is 23.5 Å². The SMILES string of the molecule is COc1cccc2[nH]c(C(=O)N3C[C@@H]4CC[C@@H]4C3C(=O)NC(C#N)CC3CCNC3=O)cc12. The Hall–Kier alpha value is -3.54. The summed E-state index contributed by atoms with van der Waals surface area (Å²) in [7, 11) is 1.59. The summed E-state index contributed by atoms with van der Waals surface area (Å²) in [6.45, 7) is 1.12. The molecule has 1 aliphatic carbocycles. The molecule has 1 aromatic heterocycles. The van der Waals surface area contributed by atoms with E-state index in [1.54, 1.807) is 18.1 Å². The van der Waals surface area contributed by atoms with E-state index in [0.717, 1.165) is 23.7 Å². The molecule has 9 nitrogen and oxygen atoms in total. The fraction of sp³-hybridized carbons (Fsp3) is 0.500. The van der Waals surface area contributed by atoms with Crippen molar-refractivity contribution in [3.8, 4) is 11.8 Å². The summed E-state index contributed by atoms with van der Waals surface area (Å²) in [5.41, 5.74) is 1.20. The number of hydrogen-bond donors (Lipinski definition) is 3. The first kappa shape index (κ1) is 21.3. The molecule has 5 rings (SSSR count). The second-order valence-electron chi connectivity index (χ2n) is 9.21. The molecule has 3 aliphatic rings. The van der Waals surface area contributed by atoms with Crippen molar-refractivity contribution in [1.82, 2.24) is 20.5 Å². The van der Waals surface area contributed by atoms with Gasteiger partial charge in [0, 0.05) is 29.9 Å². The number of rotatable bonds is 6. The lowest BCUT2D eigenvalue weighted by Gasteiger charge is -2.33. The third kappa shape index (κ3) is 3.69. The highest BCUT2D eigenvalue weighted by Crippen LogP contribution is 2.45. The first-order valence-electron chi connectivity index (χ1n) is 11.4. The minimum absolute atomic E-state index is 0.0736. The molecule has 5 atom stereocenters. The van der Waals surface area contributed by atoms with Crippen molar-refractivity contribution in [3.63, 3.8) is 0 Å². The summed E-state index contributed by atoms with van der Waals surface area (Å²) >= 11 is 0. The topological polar surface area (TPSA) is 127 Å². The minimum Gasteiger partial charge on any atom is -0.496 e. The normalized spacial score (nSPS) is 26.8. The number of ether oxygens (including phenoxy) is 1. The number of carbonyl (C=O) groups excluding carboxylic acids is 3. The van der Waals surface area contributed by atoms with E-state index in [1.165, 1.54) is 0 Å². The van der Waals surface area contributed by atoms with Crippen molar-refractivity contribution in [2.45, 2.75) is 37.8 Å². The Morgan fingerprint density at radius 3 is 2.85 bits per heavy atom. The van der Waals surface area contributed by atoms with Gasteiger partial charge in [0.15, 0.2) is 0 Å². The molecular formula is C24H27N5O4. The smallest absolute Gasteiger partial charge is 0.271 e. The average molecular weight is 450 g/mol. The Labute approximate surface area is 191 Å². The molecule has 3 unspecified atom stereocenters. The molecule has 3 fully saturated rings. The van der Waals surface area contributed by atoms with E-state index in [0.29, 0.717) is 36.9 Å². The van der Waals surface area contributed by atoms with Crippen LogP contribution < -0.4 is 15.4 Å². The molecule has 3 amide bonds. The van der Waals surface area contributed by atoms with Gasteiger partial charge < -0.3 is 25.3 Å². The number of aromatic nitrogens is 1. The maximum Gasteiger partial charge on any atom is 0.271 e. The van der Waals surface area contributed by atoms with Gasteiger partial charge in [0.05, 0.1) is 13.2 Å². The number of likely N-dealkylation sites (tertiary alicyclic amines) is 1. The molecule has 1 aromatic carbocycles.